The molecule has 2 N–H and O–H groups in total. The van der Waals surface area contributed by atoms with Gasteiger partial charge in [-0.05, 0) is 50.9 Å². The van der Waals surface area contributed by atoms with Crippen LogP contribution in [-0.2, 0) is 21.4 Å². The Balaban J connectivity index is 1.63. The molecule has 0 aromatic heterocycles. The second kappa shape index (κ2) is 4.61. The van der Waals surface area contributed by atoms with Crippen LogP contribution in [0.15, 0.2) is 12.1 Å². The summed E-state index contributed by atoms with van der Waals surface area (Å²) in [6.45, 7) is 2.75. The highest BCUT2D eigenvalue weighted by molar-refractivity contribution is 5.76. The number of esters is 1. The fourth-order valence-electron chi connectivity index (χ4n) is 7.10. The summed E-state index contributed by atoms with van der Waals surface area (Å²) in [5.74, 6) is 0.264. The zero-order valence-corrected chi connectivity index (χ0v) is 15.7. The molecule has 1 aromatic carbocycles. The quantitative estimate of drug-likeness (QED) is 0.673. The number of ether oxygens (including phenoxy) is 2. The van der Waals surface area contributed by atoms with Crippen molar-refractivity contribution >= 4 is 5.97 Å². The lowest BCUT2D eigenvalue weighted by Gasteiger charge is -2.65. The molecule has 1 saturated carbocycles. The van der Waals surface area contributed by atoms with Crippen molar-refractivity contribution in [2.45, 2.75) is 67.8 Å². The van der Waals surface area contributed by atoms with Crippen molar-refractivity contribution in [3.05, 3.63) is 23.3 Å². The Bertz CT molecular complexity index is 886. The topological polar surface area (TPSA) is 79.2 Å². The number of aliphatic hydroxyl groups is 1. The van der Waals surface area contributed by atoms with Gasteiger partial charge in [0.1, 0.15) is 0 Å². The van der Waals surface area contributed by atoms with Crippen molar-refractivity contribution < 1.29 is 24.5 Å². The Hall–Kier alpha value is -1.79. The fraction of sp³-hybridized carbons (Fsp3) is 0.667. The van der Waals surface area contributed by atoms with E-state index in [1.165, 1.54) is 0 Å². The second-order valence-electron chi connectivity index (χ2n) is 9.38. The summed E-state index contributed by atoms with van der Waals surface area (Å²) in [5, 5.41) is 22.7. The van der Waals surface area contributed by atoms with E-state index < -0.39 is 22.7 Å². The van der Waals surface area contributed by atoms with Gasteiger partial charge in [0.15, 0.2) is 23.2 Å². The summed E-state index contributed by atoms with van der Waals surface area (Å²) >= 11 is 0. The number of hydrogen-bond acceptors (Lipinski definition) is 6. The van der Waals surface area contributed by atoms with E-state index >= 15 is 0 Å². The zero-order valence-electron chi connectivity index (χ0n) is 15.7. The zero-order chi connectivity index (χ0) is 18.8. The molecule has 2 bridgehead atoms. The number of aromatic hydroxyl groups is 1. The number of carbonyl (C=O) groups excluding carboxylic acids is 1. The van der Waals surface area contributed by atoms with E-state index in [1.807, 2.05) is 13.0 Å². The lowest BCUT2D eigenvalue weighted by atomic mass is 9.46. The molecule has 2 spiro atoms. The number of likely N-dealkylation sites (tertiary alicyclic amines) is 1. The molecule has 6 atom stereocenters. The monoisotopic (exact) mass is 371 g/mol. The molecule has 0 amide bonds. The maximum absolute atomic E-state index is 12.3. The molecule has 27 heavy (non-hydrogen) atoms. The molecule has 3 fully saturated rings. The number of hydrogen-bond donors (Lipinski definition) is 2. The molecule has 1 aromatic rings. The van der Waals surface area contributed by atoms with Crippen LogP contribution >= 0.6 is 0 Å². The molecule has 3 aliphatic heterocycles. The predicted octanol–water partition coefficient (Wildman–Crippen LogP) is 1.50. The van der Waals surface area contributed by atoms with E-state index in [-0.39, 0.29) is 23.7 Å². The highest BCUT2D eigenvalue weighted by atomic mass is 16.6. The molecule has 6 rings (SSSR count). The first kappa shape index (κ1) is 16.2. The largest absolute Gasteiger partial charge is 0.504 e. The lowest BCUT2D eigenvalue weighted by Crippen LogP contribution is -2.78. The summed E-state index contributed by atoms with van der Waals surface area (Å²) in [7, 11) is 2.08. The molecule has 6 nitrogen and oxygen atoms in total. The van der Waals surface area contributed by atoms with Gasteiger partial charge in [0.25, 0.3) is 0 Å². The van der Waals surface area contributed by atoms with Crippen molar-refractivity contribution in [1.29, 1.82) is 0 Å². The summed E-state index contributed by atoms with van der Waals surface area (Å²) < 4.78 is 12.4. The molecule has 2 saturated heterocycles. The average molecular weight is 371 g/mol. The molecular weight excluding hydrogens is 346 g/mol. The van der Waals surface area contributed by atoms with Gasteiger partial charge in [-0.15, -0.1) is 0 Å². The third-order valence-electron chi connectivity index (χ3n) is 8.25. The average Bonchev–Trinajstić information content (AvgIpc) is 3.13. The normalized spacial score (nSPS) is 46.9. The molecule has 5 unspecified atom stereocenters. The molecular formula is C21H25NO5. The third kappa shape index (κ3) is 1.57. The number of phenolic OH excluding ortho intramolecular Hbond substituents is 1. The molecule has 3 heterocycles. The van der Waals surface area contributed by atoms with E-state index in [4.69, 9.17) is 9.47 Å². The number of phenols is 1. The van der Waals surface area contributed by atoms with E-state index in [2.05, 4.69) is 11.9 Å². The van der Waals surface area contributed by atoms with Gasteiger partial charge in [0.2, 0.25) is 0 Å². The van der Waals surface area contributed by atoms with Crippen LogP contribution < -0.4 is 4.74 Å². The molecule has 0 radical (unpaired) electrons. The smallest absolute Gasteiger partial charge is 0.309 e. The minimum Gasteiger partial charge on any atom is -0.504 e. The number of fused-ring (bicyclic) bond motifs is 1. The first-order valence-corrected chi connectivity index (χ1v) is 10.00. The number of nitrogens with zero attached hydrogens (tertiary/aromatic N) is 1. The Kier molecular flexibility index (Phi) is 2.76. The van der Waals surface area contributed by atoms with Gasteiger partial charge in [0.05, 0.1) is 16.9 Å². The second-order valence-corrected chi connectivity index (χ2v) is 9.38. The number of likely N-dealkylation sites (N-methyl/N-ethyl adjacent to an activating group) is 1. The van der Waals surface area contributed by atoms with Crippen LogP contribution in [0.2, 0.25) is 0 Å². The lowest BCUT2D eigenvalue weighted by molar-refractivity contribution is -0.233. The van der Waals surface area contributed by atoms with Gasteiger partial charge in [-0.2, -0.15) is 0 Å². The van der Waals surface area contributed by atoms with E-state index in [0.717, 1.165) is 30.5 Å². The summed E-state index contributed by atoms with van der Waals surface area (Å²) in [6.07, 6.45) is 2.82. The van der Waals surface area contributed by atoms with Crippen molar-refractivity contribution in [1.82, 2.24) is 4.90 Å². The van der Waals surface area contributed by atoms with Crippen molar-refractivity contribution in [3.8, 4) is 11.5 Å². The predicted molar refractivity (Wildman–Crippen MR) is 95.7 cm³/mol. The summed E-state index contributed by atoms with van der Waals surface area (Å²) in [5.41, 5.74) is -0.187. The number of rotatable bonds is 0. The Morgan fingerprint density at radius 1 is 1.26 bits per heavy atom. The molecule has 144 valence electrons. The van der Waals surface area contributed by atoms with Gasteiger partial charge < -0.3 is 24.6 Å². The van der Waals surface area contributed by atoms with Crippen molar-refractivity contribution in [3.63, 3.8) is 0 Å². The van der Waals surface area contributed by atoms with Gasteiger partial charge in [-0.25, -0.2) is 0 Å². The van der Waals surface area contributed by atoms with Crippen LogP contribution in [0, 0.1) is 5.92 Å². The van der Waals surface area contributed by atoms with Crippen LogP contribution in [0.3, 0.4) is 0 Å². The summed E-state index contributed by atoms with van der Waals surface area (Å²) in [6, 6.07) is 3.67. The highest BCUT2D eigenvalue weighted by Crippen LogP contribution is 2.68. The first-order valence-electron chi connectivity index (χ1n) is 10.00. The Morgan fingerprint density at radius 2 is 2.07 bits per heavy atom. The number of benzene rings is 1. The molecule has 2 aliphatic carbocycles. The number of carbonyl (C=O) groups is 1. The SMILES string of the molecule is CC1CC2(CCC3(O)C4Cc5ccc(O)c6c5[C@@]3(CCN4C)C2O6)OC1=O. The minimum atomic E-state index is -0.944. The van der Waals surface area contributed by atoms with Crippen molar-refractivity contribution in [2.24, 2.45) is 5.92 Å². The third-order valence-corrected chi connectivity index (χ3v) is 8.25. The van der Waals surface area contributed by atoms with Gasteiger partial charge >= 0.3 is 5.97 Å². The number of piperidine rings is 1. The maximum atomic E-state index is 12.3. The van der Waals surface area contributed by atoms with Gasteiger partial charge in [-0.1, -0.05) is 13.0 Å². The first-order chi connectivity index (χ1) is 12.8. The van der Waals surface area contributed by atoms with Crippen molar-refractivity contribution in [2.75, 3.05) is 13.6 Å². The Labute approximate surface area is 158 Å². The van der Waals surface area contributed by atoms with E-state index in [9.17, 15) is 15.0 Å². The summed E-state index contributed by atoms with van der Waals surface area (Å²) in [4.78, 5) is 14.6. The fourth-order valence-corrected chi connectivity index (χ4v) is 7.10. The van der Waals surface area contributed by atoms with E-state index in [1.54, 1.807) is 6.07 Å². The van der Waals surface area contributed by atoms with Crippen LogP contribution in [0.25, 0.3) is 0 Å². The molecule has 6 heteroatoms. The van der Waals surface area contributed by atoms with Gasteiger partial charge in [-0.3, -0.25) is 4.79 Å². The minimum absolute atomic E-state index is 0.00669. The highest BCUT2D eigenvalue weighted by Gasteiger charge is 2.77. The van der Waals surface area contributed by atoms with Crippen LogP contribution in [0.5, 0.6) is 11.5 Å². The van der Waals surface area contributed by atoms with Crippen LogP contribution in [0.4, 0.5) is 0 Å². The van der Waals surface area contributed by atoms with Gasteiger partial charge in [0, 0.05) is 18.0 Å². The van der Waals surface area contributed by atoms with Crippen LogP contribution in [0.1, 0.15) is 43.7 Å². The van der Waals surface area contributed by atoms with E-state index in [0.29, 0.717) is 25.0 Å². The molecule has 5 aliphatic rings. The Morgan fingerprint density at radius 3 is 2.81 bits per heavy atom. The van der Waals surface area contributed by atoms with Crippen LogP contribution in [-0.4, -0.2) is 58.0 Å². The standard InChI is InChI=1S/C21H25NO5/c1-11-10-19(27-17(11)24)5-6-21(25)14-9-12-3-4-13(23)16-15(12)20(21,18(19)26-16)7-8-22(14)2/h3-4,11,14,18,23,25H,5-10H2,1-2H3/t11?,14?,18?,19?,20-,21?/m0/s1. The maximum Gasteiger partial charge on any atom is 0.309 e.